The van der Waals surface area contributed by atoms with Crippen LogP contribution in [0.2, 0.25) is 5.02 Å². The van der Waals surface area contributed by atoms with Crippen molar-refractivity contribution in [3.05, 3.63) is 63.7 Å². The average Bonchev–Trinajstić information content (AvgIpc) is 3.00. The Morgan fingerprint density at radius 2 is 1.73 bits per heavy atom. The molecule has 6 nitrogen and oxygen atoms in total. The first-order chi connectivity index (χ1) is 15.5. The normalized spacial score (nSPS) is 14.2. The van der Waals surface area contributed by atoms with E-state index in [1.807, 2.05) is 19.1 Å². The van der Waals surface area contributed by atoms with Crippen LogP contribution in [0.25, 0.3) is 0 Å². The molecule has 1 heterocycles. The van der Waals surface area contributed by atoms with E-state index in [2.05, 4.69) is 10.6 Å². The van der Waals surface area contributed by atoms with Gasteiger partial charge >= 0.3 is 18.1 Å². The van der Waals surface area contributed by atoms with Crippen LogP contribution in [-0.2, 0) is 28.6 Å². The molecule has 2 aromatic carbocycles. The SMILES string of the molecule is CC(Nc1c(Cl)ccc2c1CCNCC2)c1cccc(C(F)(F)F)c1.O=C(O)CCC(=O)O. The van der Waals surface area contributed by atoms with Gasteiger partial charge in [-0.15, -0.1) is 0 Å². The highest BCUT2D eigenvalue weighted by Crippen LogP contribution is 2.35. The number of hydrogen-bond acceptors (Lipinski definition) is 4. The zero-order valence-electron chi connectivity index (χ0n) is 18.0. The Balaban J connectivity index is 0.000000414. The molecule has 0 aliphatic carbocycles. The molecule has 0 bridgehead atoms. The number of carbonyl (C=O) groups is 2. The number of aliphatic carboxylic acids is 2. The first-order valence-corrected chi connectivity index (χ1v) is 10.7. The van der Waals surface area contributed by atoms with Gasteiger partial charge in [0.05, 0.1) is 29.1 Å². The van der Waals surface area contributed by atoms with E-state index >= 15 is 0 Å². The molecule has 1 unspecified atom stereocenters. The van der Waals surface area contributed by atoms with Crippen LogP contribution in [0, 0.1) is 0 Å². The highest BCUT2D eigenvalue weighted by atomic mass is 35.5. The topological polar surface area (TPSA) is 98.7 Å². The van der Waals surface area contributed by atoms with E-state index < -0.39 is 23.7 Å². The van der Waals surface area contributed by atoms with Gasteiger partial charge in [0.25, 0.3) is 0 Å². The molecule has 3 rings (SSSR count). The molecular weight excluding hydrogens is 461 g/mol. The second-order valence-electron chi connectivity index (χ2n) is 7.59. The van der Waals surface area contributed by atoms with Gasteiger partial charge in [-0.3, -0.25) is 9.59 Å². The lowest BCUT2D eigenvalue weighted by Gasteiger charge is -2.22. The number of rotatable bonds is 6. The van der Waals surface area contributed by atoms with Gasteiger partial charge < -0.3 is 20.8 Å². The number of nitrogens with one attached hydrogen (secondary N) is 2. The zero-order chi connectivity index (χ0) is 24.6. The van der Waals surface area contributed by atoms with Gasteiger partial charge in [-0.1, -0.05) is 29.8 Å². The van der Waals surface area contributed by atoms with Crippen molar-refractivity contribution in [2.45, 2.75) is 44.8 Å². The molecule has 0 spiro atoms. The number of carboxylic acids is 2. The molecule has 0 radical (unpaired) electrons. The molecule has 0 saturated carbocycles. The van der Waals surface area contributed by atoms with Crippen molar-refractivity contribution < 1.29 is 33.0 Å². The van der Waals surface area contributed by atoms with Gasteiger partial charge in [0.1, 0.15) is 0 Å². The van der Waals surface area contributed by atoms with E-state index in [0.717, 1.165) is 43.2 Å². The molecule has 0 saturated heterocycles. The molecule has 10 heteroatoms. The van der Waals surface area contributed by atoms with Gasteiger partial charge in [0, 0.05) is 6.04 Å². The van der Waals surface area contributed by atoms with Crippen LogP contribution >= 0.6 is 11.6 Å². The number of halogens is 4. The van der Waals surface area contributed by atoms with Crippen LogP contribution < -0.4 is 10.6 Å². The third kappa shape index (κ3) is 8.25. The molecule has 2 aromatic rings. The minimum Gasteiger partial charge on any atom is -0.481 e. The molecular formula is C23H26ClF3N2O4. The van der Waals surface area contributed by atoms with Gasteiger partial charge in [0.15, 0.2) is 0 Å². The summed E-state index contributed by atoms with van der Waals surface area (Å²) in [4.78, 5) is 19.3. The maximum atomic E-state index is 12.9. The van der Waals surface area contributed by atoms with Gasteiger partial charge in [-0.2, -0.15) is 13.2 Å². The summed E-state index contributed by atoms with van der Waals surface area (Å²) < 4.78 is 38.8. The van der Waals surface area contributed by atoms with Crippen molar-refractivity contribution in [1.82, 2.24) is 5.32 Å². The fourth-order valence-corrected chi connectivity index (χ4v) is 3.63. The van der Waals surface area contributed by atoms with E-state index in [1.165, 1.54) is 17.7 Å². The summed E-state index contributed by atoms with van der Waals surface area (Å²) in [6, 6.07) is 9.01. The van der Waals surface area contributed by atoms with Crippen LogP contribution in [0.5, 0.6) is 0 Å². The van der Waals surface area contributed by atoms with Crippen molar-refractivity contribution in [3.8, 4) is 0 Å². The van der Waals surface area contributed by atoms with Gasteiger partial charge in [-0.25, -0.2) is 0 Å². The zero-order valence-corrected chi connectivity index (χ0v) is 18.8. The molecule has 0 fully saturated rings. The maximum absolute atomic E-state index is 12.9. The number of alkyl halides is 3. The quantitative estimate of drug-likeness (QED) is 0.450. The Morgan fingerprint density at radius 3 is 2.33 bits per heavy atom. The second-order valence-corrected chi connectivity index (χ2v) is 7.99. The fourth-order valence-electron chi connectivity index (χ4n) is 3.40. The number of fused-ring (bicyclic) bond motifs is 1. The van der Waals surface area contributed by atoms with Gasteiger partial charge in [0.2, 0.25) is 0 Å². The number of anilines is 1. The minimum atomic E-state index is -4.34. The lowest BCUT2D eigenvalue weighted by Crippen LogP contribution is -2.16. The number of carboxylic acid groups (broad SMARTS) is 2. The molecule has 33 heavy (non-hydrogen) atoms. The smallest absolute Gasteiger partial charge is 0.416 e. The largest absolute Gasteiger partial charge is 0.481 e. The molecule has 0 aromatic heterocycles. The van der Waals surface area contributed by atoms with E-state index in [9.17, 15) is 22.8 Å². The Bertz CT molecular complexity index is 969. The Hall–Kier alpha value is -2.78. The predicted molar refractivity (Wildman–Crippen MR) is 120 cm³/mol. The van der Waals surface area contributed by atoms with E-state index in [4.69, 9.17) is 21.8 Å². The lowest BCUT2D eigenvalue weighted by molar-refractivity contribution is -0.143. The lowest BCUT2D eigenvalue weighted by atomic mass is 9.99. The van der Waals surface area contributed by atoms with E-state index in [1.54, 1.807) is 6.07 Å². The Labute approximate surface area is 194 Å². The predicted octanol–water partition coefficient (Wildman–Crippen LogP) is 5.16. The summed E-state index contributed by atoms with van der Waals surface area (Å²) in [6.07, 6.45) is -3.18. The third-order valence-corrected chi connectivity index (χ3v) is 5.42. The summed E-state index contributed by atoms with van der Waals surface area (Å²) in [5.74, 6) is -2.15. The molecule has 1 atom stereocenters. The van der Waals surface area contributed by atoms with Crippen molar-refractivity contribution >= 4 is 29.2 Å². The van der Waals surface area contributed by atoms with E-state index in [0.29, 0.717) is 10.6 Å². The molecule has 1 aliphatic heterocycles. The van der Waals surface area contributed by atoms with Crippen LogP contribution in [0.1, 0.15) is 48.1 Å². The van der Waals surface area contributed by atoms with Crippen molar-refractivity contribution in [2.75, 3.05) is 18.4 Å². The van der Waals surface area contributed by atoms with E-state index in [-0.39, 0.29) is 18.9 Å². The fraction of sp³-hybridized carbons (Fsp3) is 0.391. The summed E-state index contributed by atoms with van der Waals surface area (Å²) in [6.45, 7) is 3.62. The van der Waals surface area contributed by atoms with Crippen molar-refractivity contribution in [3.63, 3.8) is 0 Å². The van der Waals surface area contributed by atoms with Crippen LogP contribution in [-0.4, -0.2) is 35.2 Å². The maximum Gasteiger partial charge on any atom is 0.416 e. The standard InChI is InChI=1S/C19H20ClF3N2.C4H6O4/c1-12(14-3-2-4-15(11-14)19(21,22)23)25-18-16-8-10-24-9-7-13(16)5-6-17(18)20;5-3(6)1-2-4(7)8/h2-6,11-12,24-25H,7-10H2,1H3;1-2H2,(H,5,6)(H,7,8). The molecule has 4 N–H and O–H groups in total. The number of benzene rings is 2. The Morgan fingerprint density at radius 1 is 1.09 bits per heavy atom. The van der Waals surface area contributed by atoms with Crippen molar-refractivity contribution in [2.24, 2.45) is 0 Å². The second kappa shape index (κ2) is 11.9. The van der Waals surface area contributed by atoms with Crippen LogP contribution in [0.3, 0.4) is 0 Å². The Kier molecular flexibility index (Phi) is 9.55. The highest BCUT2D eigenvalue weighted by molar-refractivity contribution is 6.33. The highest BCUT2D eigenvalue weighted by Gasteiger charge is 2.30. The summed E-state index contributed by atoms with van der Waals surface area (Å²) in [5, 5.41) is 23.1. The third-order valence-electron chi connectivity index (χ3n) is 5.11. The van der Waals surface area contributed by atoms with Crippen molar-refractivity contribution in [1.29, 1.82) is 0 Å². The summed E-state index contributed by atoms with van der Waals surface area (Å²) >= 11 is 6.39. The van der Waals surface area contributed by atoms with Crippen LogP contribution in [0.4, 0.5) is 18.9 Å². The number of hydrogen-bond donors (Lipinski definition) is 4. The van der Waals surface area contributed by atoms with Gasteiger partial charge in [-0.05, 0) is 67.7 Å². The average molecular weight is 487 g/mol. The minimum absolute atomic E-state index is 0.289. The first kappa shape index (κ1) is 26.5. The van der Waals surface area contributed by atoms with Crippen LogP contribution in [0.15, 0.2) is 36.4 Å². The first-order valence-electron chi connectivity index (χ1n) is 10.4. The monoisotopic (exact) mass is 486 g/mol. The molecule has 1 aliphatic rings. The molecule has 0 amide bonds. The summed E-state index contributed by atoms with van der Waals surface area (Å²) in [7, 11) is 0. The summed E-state index contributed by atoms with van der Waals surface area (Å²) in [5.41, 5.74) is 3.15. The molecule has 180 valence electrons.